The van der Waals surface area contributed by atoms with Crippen LogP contribution >= 0.6 is 22.5 Å². The molecule has 0 atom stereocenters. The molecule has 0 unspecified atom stereocenters. The van der Waals surface area contributed by atoms with Crippen LogP contribution in [0.25, 0.3) is 0 Å². The highest BCUT2D eigenvalue weighted by Crippen LogP contribution is 2.43. The van der Waals surface area contributed by atoms with Gasteiger partial charge >= 0.3 is 0 Å². The Labute approximate surface area is 88.9 Å². The molecule has 1 aliphatic rings. The summed E-state index contributed by atoms with van der Waals surface area (Å²) in [5, 5.41) is 0. The molecule has 2 rings (SSSR count). The summed E-state index contributed by atoms with van der Waals surface area (Å²) >= 11 is 4.22. The van der Waals surface area contributed by atoms with Gasteiger partial charge in [-0.2, -0.15) is 0 Å². The molecule has 0 heterocycles. The maximum Gasteiger partial charge on any atom is 0.0183 e. The Morgan fingerprint density at radius 2 is 2.15 bits per heavy atom. The van der Waals surface area contributed by atoms with Crippen molar-refractivity contribution < 1.29 is 0 Å². The zero-order valence-corrected chi connectivity index (χ0v) is 9.50. The molecule has 0 spiro atoms. The summed E-state index contributed by atoms with van der Waals surface area (Å²) in [6, 6.07) is 8.77. The zero-order valence-electron chi connectivity index (χ0n) is 7.79. The van der Waals surface area contributed by atoms with E-state index in [1.807, 2.05) is 0 Å². The molecule has 0 aliphatic heterocycles. The lowest BCUT2D eigenvalue weighted by Crippen LogP contribution is -2.30. The first-order chi connectivity index (χ1) is 6.24. The van der Waals surface area contributed by atoms with Crippen molar-refractivity contribution in [2.24, 2.45) is 0 Å². The summed E-state index contributed by atoms with van der Waals surface area (Å²) in [6.07, 6.45) is 4.07. The van der Waals surface area contributed by atoms with Gasteiger partial charge in [-0.05, 0) is 36.0 Å². The van der Waals surface area contributed by atoms with Crippen molar-refractivity contribution in [2.45, 2.75) is 36.5 Å². The lowest BCUT2D eigenvalue weighted by Gasteiger charge is -2.39. The molecular weight excluding hydrogens is 196 g/mol. The van der Waals surface area contributed by atoms with Gasteiger partial charge in [0.2, 0.25) is 0 Å². The Kier molecular flexibility index (Phi) is 2.61. The highest BCUT2D eigenvalue weighted by Gasteiger charge is 2.33. The first-order valence-electron chi connectivity index (χ1n) is 4.67. The molecular formula is C11H14S2. The minimum absolute atomic E-state index is 0.458. The van der Waals surface area contributed by atoms with E-state index < -0.39 is 0 Å². The third-order valence-corrected chi connectivity index (χ3v) is 4.19. The van der Waals surface area contributed by atoms with Gasteiger partial charge in [0.25, 0.3) is 0 Å². The zero-order chi connectivity index (χ0) is 9.31. The van der Waals surface area contributed by atoms with E-state index in [1.54, 1.807) is 0 Å². The molecule has 1 aromatic carbocycles. The second-order valence-electron chi connectivity index (χ2n) is 4.03. The fraction of sp³-hybridized carbons (Fsp3) is 0.455. The van der Waals surface area contributed by atoms with E-state index in [2.05, 4.69) is 42.9 Å². The Morgan fingerprint density at radius 1 is 1.38 bits per heavy atom. The molecule has 1 saturated carbocycles. The van der Waals surface area contributed by atoms with E-state index in [9.17, 15) is 0 Å². The van der Waals surface area contributed by atoms with Crippen LogP contribution in [-0.4, -0.2) is 0 Å². The highest BCUT2D eigenvalue weighted by molar-refractivity contribution is 8.68. The predicted molar refractivity (Wildman–Crippen MR) is 62.5 cm³/mol. The molecule has 1 fully saturated rings. The monoisotopic (exact) mass is 210 g/mol. The van der Waals surface area contributed by atoms with Crippen LogP contribution in [0.2, 0.25) is 0 Å². The van der Waals surface area contributed by atoms with Crippen molar-refractivity contribution in [2.75, 3.05) is 0 Å². The summed E-state index contributed by atoms with van der Waals surface area (Å²) < 4.78 is 0. The minimum Gasteiger partial charge on any atom is -0.106 e. The predicted octanol–water partition coefficient (Wildman–Crippen LogP) is 4.07. The van der Waals surface area contributed by atoms with E-state index in [0.29, 0.717) is 5.41 Å². The van der Waals surface area contributed by atoms with Crippen molar-refractivity contribution in [3.8, 4) is 0 Å². The van der Waals surface area contributed by atoms with Crippen molar-refractivity contribution in [1.29, 1.82) is 0 Å². The number of hydrogen-bond acceptors (Lipinski definition) is 2. The quantitative estimate of drug-likeness (QED) is 0.567. The van der Waals surface area contributed by atoms with E-state index >= 15 is 0 Å². The second kappa shape index (κ2) is 3.58. The van der Waals surface area contributed by atoms with Crippen molar-refractivity contribution >= 4 is 22.5 Å². The first-order valence-corrected chi connectivity index (χ1v) is 6.53. The molecule has 13 heavy (non-hydrogen) atoms. The van der Waals surface area contributed by atoms with Crippen LogP contribution in [0.1, 0.15) is 31.7 Å². The van der Waals surface area contributed by atoms with E-state index in [-0.39, 0.29) is 0 Å². The fourth-order valence-corrected chi connectivity index (χ4v) is 2.58. The molecule has 0 aromatic heterocycles. The highest BCUT2D eigenvalue weighted by atomic mass is 33.1. The molecule has 0 N–H and O–H groups in total. The van der Waals surface area contributed by atoms with Gasteiger partial charge < -0.3 is 0 Å². The summed E-state index contributed by atoms with van der Waals surface area (Å²) in [5.41, 5.74) is 1.94. The van der Waals surface area contributed by atoms with Gasteiger partial charge in [-0.15, -0.1) is 11.7 Å². The van der Waals surface area contributed by atoms with E-state index in [0.717, 1.165) is 0 Å². The Hall–Kier alpha value is -0.0800. The molecule has 0 amide bonds. The van der Waals surface area contributed by atoms with Gasteiger partial charge in [0.1, 0.15) is 0 Å². The second-order valence-corrected chi connectivity index (χ2v) is 5.24. The molecule has 70 valence electrons. The van der Waals surface area contributed by atoms with Gasteiger partial charge in [-0.3, -0.25) is 0 Å². The lowest BCUT2D eigenvalue weighted by molar-refractivity contribution is 0.271. The molecule has 2 heteroatoms. The third kappa shape index (κ3) is 1.75. The lowest BCUT2D eigenvalue weighted by atomic mass is 9.66. The molecule has 1 aliphatic carbocycles. The smallest absolute Gasteiger partial charge is 0.0183 e. The Bertz CT molecular complexity index is 303. The summed E-state index contributed by atoms with van der Waals surface area (Å²) in [4.78, 5) is 1.26. The van der Waals surface area contributed by atoms with Crippen LogP contribution in [0.5, 0.6) is 0 Å². The maximum atomic E-state index is 4.22. The van der Waals surface area contributed by atoms with Gasteiger partial charge in [0, 0.05) is 4.90 Å². The fourth-order valence-electron chi connectivity index (χ4n) is 1.92. The Morgan fingerprint density at radius 3 is 2.69 bits per heavy atom. The topological polar surface area (TPSA) is 0 Å². The van der Waals surface area contributed by atoms with Gasteiger partial charge in [-0.1, -0.05) is 36.3 Å². The van der Waals surface area contributed by atoms with Crippen LogP contribution in [-0.2, 0) is 5.41 Å². The van der Waals surface area contributed by atoms with E-state index in [1.165, 1.54) is 40.5 Å². The van der Waals surface area contributed by atoms with Crippen molar-refractivity contribution in [3.05, 3.63) is 29.8 Å². The van der Waals surface area contributed by atoms with Crippen LogP contribution in [0.4, 0.5) is 0 Å². The first kappa shape index (κ1) is 9.47. The summed E-state index contributed by atoms with van der Waals surface area (Å²) in [5.74, 6) is 0. The largest absolute Gasteiger partial charge is 0.106 e. The molecule has 0 nitrogen and oxygen atoms in total. The van der Waals surface area contributed by atoms with Crippen LogP contribution in [0.3, 0.4) is 0 Å². The van der Waals surface area contributed by atoms with Gasteiger partial charge in [0.15, 0.2) is 0 Å². The van der Waals surface area contributed by atoms with Crippen LogP contribution in [0, 0.1) is 0 Å². The number of rotatable bonds is 2. The normalized spacial score (nSPS) is 19.5. The summed E-state index contributed by atoms with van der Waals surface area (Å²) in [7, 11) is 1.53. The van der Waals surface area contributed by atoms with Crippen molar-refractivity contribution in [3.63, 3.8) is 0 Å². The number of benzene rings is 1. The molecule has 1 aromatic rings. The van der Waals surface area contributed by atoms with Crippen LogP contribution < -0.4 is 0 Å². The maximum absolute atomic E-state index is 4.22. The molecule has 0 saturated heterocycles. The average molecular weight is 210 g/mol. The summed E-state index contributed by atoms with van der Waals surface area (Å²) in [6.45, 7) is 2.36. The number of thiol groups is 1. The SMILES string of the molecule is CC1(c2cccc(SS)c2)CCC1. The molecule has 0 radical (unpaired) electrons. The third-order valence-electron chi connectivity index (χ3n) is 3.09. The molecule has 0 bridgehead atoms. The van der Waals surface area contributed by atoms with Gasteiger partial charge in [0.05, 0.1) is 0 Å². The Balaban J connectivity index is 2.29. The van der Waals surface area contributed by atoms with Gasteiger partial charge in [-0.25, -0.2) is 0 Å². The van der Waals surface area contributed by atoms with Crippen LogP contribution in [0.15, 0.2) is 29.2 Å². The number of hydrogen-bond donors (Lipinski definition) is 1. The minimum atomic E-state index is 0.458. The average Bonchev–Trinajstić information content (AvgIpc) is 2.14. The van der Waals surface area contributed by atoms with Crippen molar-refractivity contribution in [1.82, 2.24) is 0 Å². The standard InChI is InChI=1S/C11H14S2/c1-11(6-3-7-11)9-4-2-5-10(8-9)13-12/h2,4-5,8,12H,3,6-7H2,1H3. The van der Waals surface area contributed by atoms with E-state index in [4.69, 9.17) is 0 Å².